The van der Waals surface area contributed by atoms with Crippen LogP contribution in [0.5, 0.6) is 0 Å². The van der Waals surface area contributed by atoms with Gasteiger partial charge in [-0.25, -0.2) is 4.39 Å². The van der Waals surface area contributed by atoms with Gasteiger partial charge < -0.3 is 20.9 Å². The topological polar surface area (TPSA) is 72.0 Å². The number of nitrogens with one attached hydrogen (secondary N) is 3. The van der Waals surface area contributed by atoms with Crippen LogP contribution in [0.4, 0.5) is 10.1 Å². The number of para-hydroxylation sites is 1. The number of carbonyl (C=O) groups is 1. The van der Waals surface area contributed by atoms with Crippen LogP contribution in [0.2, 0.25) is 0 Å². The van der Waals surface area contributed by atoms with Crippen molar-refractivity contribution >= 4 is 41.5 Å². The summed E-state index contributed by atoms with van der Waals surface area (Å²) in [6, 6.07) is 7.00. The summed E-state index contributed by atoms with van der Waals surface area (Å²) in [7, 11) is 0. The maximum absolute atomic E-state index is 13.9. The van der Waals surface area contributed by atoms with E-state index in [1.807, 2.05) is 19.1 Å². The minimum absolute atomic E-state index is 0. The molecule has 1 aliphatic heterocycles. The number of amides is 1. The van der Waals surface area contributed by atoms with Gasteiger partial charge in [-0.1, -0.05) is 12.1 Å². The summed E-state index contributed by atoms with van der Waals surface area (Å²) in [5.41, 5.74) is 0.705. The van der Waals surface area contributed by atoms with Crippen LogP contribution in [0, 0.1) is 11.7 Å². The smallest absolute Gasteiger partial charge is 0.223 e. The van der Waals surface area contributed by atoms with Crippen molar-refractivity contribution in [2.45, 2.75) is 26.2 Å². The Morgan fingerprint density at radius 3 is 2.48 bits per heavy atom. The van der Waals surface area contributed by atoms with Crippen molar-refractivity contribution in [2.24, 2.45) is 10.9 Å². The van der Waals surface area contributed by atoms with Crippen LogP contribution in [0.1, 0.15) is 26.2 Å². The number of benzene rings is 1. The van der Waals surface area contributed by atoms with E-state index >= 15 is 0 Å². The number of piperazine rings is 1. The van der Waals surface area contributed by atoms with Crippen molar-refractivity contribution in [2.75, 3.05) is 63.8 Å². The Balaban J connectivity index is 0.00000341. The van der Waals surface area contributed by atoms with Crippen LogP contribution in [-0.2, 0) is 4.79 Å². The van der Waals surface area contributed by atoms with Gasteiger partial charge in [0.15, 0.2) is 5.96 Å². The molecule has 9 heteroatoms. The molecule has 2 aliphatic rings. The Kier molecular flexibility index (Phi) is 11.3. The zero-order valence-corrected chi connectivity index (χ0v) is 20.7. The van der Waals surface area contributed by atoms with E-state index in [2.05, 4.69) is 30.7 Å². The average molecular weight is 546 g/mol. The highest BCUT2D eigenvalue weighted by molar-refractivity contribution is 14.0. The SMILES string of the molecule is CCNC(=NCCCN1CCN(c2ccccc2F)CC1)NCCNC(=O)C1CC1.I. The van der Waals surface area contributed by atoms with Crippen molar-refractivity contribution < 1.29 is 9.18 Å². The normalized spacial score (nSPS) is 17.1. The number of aliphatic imine (C=N–C) groups is 1. The number of nitrogens with zero attached hydrogens (tertiary/aromatic N) is 3. The summed E-state index contributed by atoms with van der Waals surface area (Å²) in [6.07, 6.45) is 3.04. The Morgan fingerprint density at radius 1 is 1.10 bits per heavy atom. The molecule has 31 heavy (non-hydrogen) atoms. The average Bonchev–Trinajstić information content (AvgIpc) is 3.60. The van der Waals surface area contributed by atoms with Gasteiger partial charge in [0.2, 0.25) is 5.91 Å². The van der Waals surface area contributed by atoms with Crippen LogP contribution >= 0.6 is 24.0 Å². The Bertz CT molecular complexity index is 707. The monoisotopic (exact) mass is 546 g/mol. The van der Waals surface area contributed by atoms with Crippen LogP contribution in [-0.4, -0.2) is 75.7 Å². The third-order valence-electron chi connectivity index (χ3n) is 5.48. The largest absolute Gasteiger partial charge is 0.367 e. The predicted molar refractivity (Wildman–Crippen MR) is 135 cm³/mol. The molecule has 1 aliphatic carbocycles. The first kappa shape index (κ1) is 25.6. The minimum atomic E-state index is -0.143. The number of guanidine groups is 1. The van der Waals surface area contributed by atoms with Crippen molar-refractivity contribution in [3.8, 4) is 0 Å². The van der Waals surface area contributed by atoms with Gasteiger partial charge in [0.1, 0.15) is 5.82 Å². The quantitative estimate of drug-likeness (QED) is 0.182. The lowest BCUT2D eigenvalue weighted by Gasteiger charge is -2.36. The molecule has 2 fully saturated rings. The molecule has 0 atom stereocenters. The third kappa shape index (κ3) is 8.80. The molecule has 0 radical (unpaired) electrons. The first-order valence-corrected chi connectivity index (χ1v) is 11.2. The van der Waals surface area contributed by atoms with Gasteiger partial charge in [0, 0.05) is 64.8 Å². The van der Waals surface area contributed by atoms with E-state index in [9.17, 15) is 9.18 Å². The molecule has 1 saturated heterocycles. The molecule has 1 saturated carbocycles. The van der Waals surface area contributed by atoms with E-state index in [0.717, 1.165) is 71.0 Å². The number of hydrogen-bond donors (Lipinski definition) is 3. The van der Waals surface area contributed by atoms with E-state index in [0.29, 0.717) is 18.8 Å². The molecular formula is C22H36FIN6O. The number of hydrogen-bond acceptors (Lipinski definition) is 4. The molecule has 3 N–H and O–H groups in total. The van der Waals surface area contributed by atoms with Crippen molar-refractivity contribution in [1.29, 1.82) is 0 Å². The maximum atomic E-state index is 13.9. The number of anilines is 1. The molecule has 0 bridgehead atoms. The molecular weight excluding hydrogens is 510 g/mol. The van der Waals surface area contributed by atoms with E-state index in [-0.39, 0.29) is 41.6 Å². The fraction of sp³-hybridized carbons (Fsp3) is 0.636. The first-order valence-electron chi connectivity index (χ1n) is 11.2. The van der Waals surface area contributed by atoms with Crippen molar-refractivity contribution in [3.05, 3.63) is 30.1 Å². The van der Waals surface area contributed by atoms with E-state index in [1.54, 1.807) is 6.07 Å². The van der Waals surface area contributed by atoms with Crippen LogP contribution in [0.3, 0.4) is 0 Å². The fourth-order valence-electron chi connectivity index (χ4n) is 3.60. The molecule has 1 aromatic rings. The molecule has 1 aromatic carbocycles. The summed E-state index contributed by atoms with van der Waals surface area (Å²) in [4.78, 5) is 20.8. The van der Waals surface area contributed by atoms with Crippen molar-refractivity contribution in [1.82, 2.24) is 20.9 Å². The van der Waals surface area contributed by atoms with Gasteiger partial charge in [-0.15, -0.1) is 24.0 Å². The number of halogens is 2. The predicted octanol–water partition coefficient (Wildman–Crippen LogP) is 2.04. The van der Waals surface area contributed by atoms with Crippen LogP contribution in [0.15, 0.2) is 29.3 Å². The fourth-order valence-corrected chi connectivity index (χ4v) is 3.60. The summed E-state index contributed by atoms with van der Waals surface area (Å²) < 4.78 is 13.9. The highest BCUT2D eigenvalue weighted by Gasteiger charge is 2.29. The molecule has 0 unspecified atom stereocenters. The molecule has 3 rings (SSSR count). The second-order valence-corrected chi connectivity index (χ2v) is 7.89. The minimum Gasteiger partial charge on any atom is -0.367 e. The lowest BCUT2D eigenvalue weighted by Crippen LogP contribution is -2.47. The summed E-state index contributed by atoms with van der Waals surface area (Å²) in [6.45, 7) is 9.45. The van der Waals surface area contributed by atoms with Crippen LogP contribution in [0.25, 0.3) is 0 Å². The number of rotatable bonds is 10. The standard InChI is InChI=1S/C22H35FN6O.HI/c1-2-24-22(27-12-11-25-21(30)18-8-9-18)26-10-5-13-28-14-16-29(17-15-28)20-7-4-3-6-19(20)23;/h3-4,6-7,18H,2,5,8-17H2,1H3,(H,25,30)(H2,24,26,27);1H. The molecule has 174 valence electrons. The summed E-state index contributed by atoms with van der Waals surface area (Å²) >= 11 is 0. The zero-order valence-electron chi connectivity index (χ0n) is 18.4. The highest BCUT2D eigenvalue weighted by Crippen LogP contribution is 2.28. The molecule has 1 heterocycles. The van der Waals surface area contributed by atoms with Crippen LogP contribution < -0.4 is 20.9 Å². The lowest BCUT2D eigenvalue weighted by molar-refractivity contribution is -0.122. The van der Waals surface area contributed by atoms with Gasteiger partial charge in [-0.05, 0) is 38.3 Å². The van der Waals surface area contributed by atoms with Crippen molar-refractivity contribution in [3.63, 3.8) is 0 Å². The Morgan fingerprint density at radius 2 is 1.81 bits per heavy atom. The lowest BCUT2D eigenvalue weighted by atomic mass is 10.2. The third-order valence-corrected chi connectivity index (χ3v) is 5.48. The Hall–Kier alpha value is -1.62. The molecule has 7 nitrogen and oxygen atoms in total. The molecule has 0 aromatic heterocycles. The second-order valence-electron chi connectivity index (χ2n) is 7.89. The Labute approximate surface area is 202 Å². The summed E-state index contributed by atoms with van der Waals surface area (Å²) in [5, 5.41) is 9.47. The van der Waals surface area contributed by atoms with Gasteiger partial charge in [-0.2, -0.15) is 0 Å². The molecule has 1 amide bonds. The van der Waals surface area contributed by atoms with Gasteiger partial charge in [0.05, 0.1) is 5.69 Å². The van der Waals surface area contributed by atoms with E-state index in [1.165, 1.54) is 6.07 Å². The second kappa shape index (κ2) is 13.7. The maximum Gasteiger partial charge on any atom is 0.223 e. The van der Waals surface area contributed by atoms with E-state index in [4.69, 9.17) is 0 Å². The number of carbonyl (C=O) groups excluding carboxylic acids is 1. The molecule has 0 spiro atoms. The van der Waals surface area contributed by atoms with Gasteiger partial charge in [-0.3, -0.25) is 14.7 Å². The first-order chi connectivity index (χ1) is 14.7. The summed E-state index contributed by atoms with van der Waals surface area (Å²) in [5.74, 6) is 1.08. The van der Waals surface area contributed by atoms with Gasteiger partial charge >= 0.3 is 0 Å². The van der Waals surface area contributed by atoms with E-state index < -0.39 is 0 Å². The zero-order chi connectivity index (χ0) is 21.2. The highest BCUT2D eigenvalue weighted by atomic mass is 127. The van der Waals surface area contributed by atoms with Gasteiger partial charge in [0.25, 0.3) is 0 Å².